The molecule has 0 saturated carbocycles. The van der Waals surface area contributed by atoms with Gasteiger partial charge in [-0.15, -0.1) is 0 Å². The van der Waals surface area contributed by atoms with Gasteiger partial charge in [0.15, 0.2) is 0 Å². The van der Waals surface area contributed by atoms with E-state index < -0.39 is 0 Å². The molecule has 4 heteroatoms. The summed E-state index contributed by atoms with van der Waals surface area (Å²) in [6.45, 7) is 2.03. The Kier molecular flexibility index (Phi) is 2.37. The third-order valence-electron chi connectivity index (χ3n) is 3.09. The van der Waals surface area contributed by atoms with E-state index in [2.05, 4.69) is 16.0 Å². The zero-order valence-electron chi connectivity index (χ0n) is 10.6. The molecule has 0 bridgehead atoms. The van der Waals surface area contributed by atoms with Crippen LogP contribution in [0.1, 0.15) is 5.56 Å². The van der Waals surface area contributed by atoms with E-state index in [0.29, 0.717) is 0 Å². The van der Waals surface area contributed by atoms with E-state index in [0.717, 1.165) is 39.0 Å². The van der Waals surface area contributed by atoms with Gasteiger partial charge in [0.1, 0.15) is 17.1 Å². The Morgan fingerprint density at radius 2 is 1.89 bits per heavy atom. The summed E-state index contributed by atoms with van der Waals surface area (Å²) >= 11 is 0. The van der Waals surface area contributed by atoms with Gasteiger partial charge in [-0.3, -0.25) is 0 Å². The average Bonchev–Trinajstić information content (AvgIpc) is 2.75. The second kappa shape index (κ2) is 3.91. The zero-order chi connectivity index (χ0) is 12.7. The lowest BCUT2D eigenvalue weighted by atomic mass is 10.1. The van der Waals surface area contributed by atoms with E-state index in [1.165, 1.54) is 0 Å². The summed E-state index contributed by atoms with van der Waals surface area (Å²) < 4.78 is 10.7. The molecule has 0 aliphatic heterocycles. The Balaban J connectivity index is 2.46. The first-order chi connectivity index (χ1) is 8.72. The lowest BCUT2D eigenvalue weighted by Gasteiger charge is -2.05. The molecular formula is C14H14N2O2. The standard InChI is InChI=1S/C14H14N2O2/c1-8-4-11-10-5-9(17-2)6-12(18-3)13(10)16-14(11)15-7-8/h4-7H,1-3H3,(H,15,16). The van der Waals surface area contributed by atoms with Crippen molar-refractivity contribution in [3.05, 3.63) is 30.0 Å². The molecule has 3 rings (SSSR count). The van der Waals surface area contributed by atoms with Crippen LogP contribution in [0.5, 0.6) is 11.5 Å². The molecule has 92 valence electrons. The number of aromatic nitrogens is 2. The summed E-state index contributed by atoms with van der Waals surface area (Å²) in [5.41, 5.74) is 2.94. The first-order valence-electron chi connectivity index (χ1n) is 5.73. The third-order valence-corrected chi connectivity index (χ3v) is 3.09. The van der Waals surface area contributed by atoms with Crippen molar-refractivity contribution in [3.8, 4) is 11.5 Å². The lowest BCUT2D eigenvalue weighted by molar-refractivity contribution is 0.397. The van der Waals surface area contributed by atoms with Crippen molar-refractivity contribution >= 4 is 21.9 Å². The van der Waals surface area contributed by atoms with Gasteiger partial charge >= 0.3 is 0 Å². The van der Waals surface area contributed by atoms with Crippen molar-refractivity contribution < 1.29 is 9.47 Å². The highest BCUT2D eigenvalue weighted by atomic mass is 16.5. The van der Waals surface area contributed by atoms with Gasteiger partial charge in [-0.1, -0.05) is 0 Å². The van der Waals surface area contributed by atoms with E-state index in [-0.39, 0.29) is 0 Å². The second-order valence-electron chi connectivity index (χ2n) is 4.29. The van der Waals surface area contributed by atoms with E-state index in [9.17, 15) is 0 Å². The first-order valence-corrected chi connectivity index (χ1v) is 5.73. The summed E-state index contributed by atoms with van der Waals surface area (Å²) in [6, 6.07) is 5.97. The molecule has 0 fully saturated rings. The maximum absolute atomic E-state index is 5.39. The number of hydrogen-bond acceptors (Lipinski definition) is 3. The summed E-state index contributed by atoms with van der Waals surface area (Å²) in [5.74, 6) is 1.54. The van der Waals surface area contributed by atoms with Crippen LogP contribution in [0, 0.1) is 6.92 Å². The maximum Gasteiger partial charge on any atom is 0.146 e. The highest BCUT2D eigenvalue weighted by Gasteiger charge is 2.11. The number of hydrogen-bond donors (Lipinski definition) is 1. The van der Waals surface area contributed by atoms with Gasteiger partial charge in [-0.25, -0.2) is 4.98 Å². The quantitative estimate of drug-likeness (QED) is 0.751. The fourth-order valence-corrected chi connectivity index (χ4v) is 2.20. The van der Waals surface area contributed by atoms with Crippen LogP contribution in [0.3, 0.4) is 0 Å². The number of nitrogens with zero attached hydrogens (tertiary/aromatic N) is 1. The number of benzene rings is 1. The molecule has 0 unspecified atom stereocenters. The minimum absolute atomic E-state index is 0.764. The van der Waals surface area contributed by atoms with Gasteiger partial charge in [-0.05, 0) is 24.6 Å². The summed E-state index contributed by atoms with van der Waals surface area (Å²) in [6.07, 6.45) is 1.85. The van der Waals surface area contributed by atoms with E-state index >= 15 is 0 Å². The zero-order valence-corrected chi connectivity index (χ0v) is 10.6. The Bertz CT molecular complexity index is 731. The van der Waals surface area contributed by atoms with Crippen molar-refractivity contribution in [2.24, 2.45) is 0 Å². The van der Waals surface area contributed by atoms with Gasteiger partial charge in [0.25, 0.3) is 0 Å². The highest BCUT2D eigenvalue weighted by molar-refractivity contribution is 6.08. The summed E-state index contributed by atoms with van der Waals surface area (Å²) in [7, 11) is 3.30. The third kappa shape index (κ3) is 1.49. The molecule has 0 saturated heterocycles. The predicted molar refractivity (Wildman–Crippen MR) is 71.4 cm³/mol. The molecule has 0 aliphatic rings. The van der Waals surface area contributed by atoms with Crippen molar-refractivity contribution in [3.63, 3.8) is 0 Å². The second-order valence-corrected chi connectivity index (χ2v) is 4.29. The SMILES string of the molecule is COc1cc(OC)c2[nH]c3ncc(C)cc3c2c1. The molecule has 0 amide bonds. The first kappa shape index (κ1) is 10.9. The van der Waals surface area contributed by atoms with Crippen LogP contribution in [0.15, 0.2) is 24.4 Å². The van der Waals surface area contributed by atoms with Gasteiger partial charge in [-0.2, -0.15) is 0 Å². The molecule has 1 N–H and O–H groups in total. The van der Waals surface area contributed by atoms with Crippen LogP contribution in [-0.2, 0) is 0 Å². The molecule has 0 radical (unpaired) electrons. The summed E-state index contributed by atoms with van der Waals surface area (Å²) in [4.78, 5) is 7.68. The smallest absolute Gasteiger partial charge is 0.146 e. The monoisotopic (exact) mass is 242 g/mol. The number of fused-ring (bicyclic) bond motifs is 3. The molecule has 0 atom stereocenters. The largest absolute Gasteiger partial charge is 0.497 e. The predicted octanol–water partition coefficient (Wildman–Crippen LogP) is 3.04. The Hall–Kier alpha value is -2.23. The van der Waals surface area contributed by atoms with Gasteiger partial charge in [0.05, 0.1) is 19.7 Å². The van der Waals surface area contributed by atoms with Crippen molar-refractivity contribution in [2.75, 3.05) is 14.2 Å². The molecule has 4 nitrogen and oxygen atoms in total. The number of aromatic amines is 1. The maximum atomic E-state index is 5.39. The minimum Gasteiger partial charge on any atom is -0.497 e. The van der Waals surface area contributed by atoms with Crippen LogP contribution < -0.4 is 9.47 Å². The number of rotatable bonds is 2. The number of aryl methyl sites for hydroxylation is 1. The average molecular weight is 242 g/mol. The van der Waals surface area contributed by atoms with E-state index in [1.54, 1.807) is 14.2 Å². The normalized spacial score (nSPS) is 11.1. The fourth-order valence-electron chi connectivity index (χ4n) is 2.20. The van der Waals surface area contributed by atoms with Crippen molar-refractivity contribution in [2.45, 2.75) is 6.92 Å². The molecule has 1 aromatic carbocycles. The van der Waals surface area contributed by atoms with Crippen LogP contribution in [-0.4, -0.2) is 24.2 Å². The van der Waals surface area contributed by atoms with Gasteiger partial charge in [0, 0.05) is 23.0 Å². The summed E-state index contributed by atoms with van der Waals surface area (Å²) in [5, 5.41) is 2.15. The Morgan fingerprint density at radius 3 is 2.61 bits per heavy atom. The van der Waals surface area contributed by atoms with Crippen molar-refractivity contribution in [1.82, 2.24) is 9.97 Å². The number of ether oxygens (including phenoxy) is 2. The van der Waals surface area contributed by atoms with Crippen molar-refractivity contribution in [1.29, 1.82) is 0 Å². The lowest BCUT2D eigenvalue weighted by Crippen LogP contribution is -1.87. The van der Waals surface area contributed by atoms with E-state index in [1.807, 2.05) is 25.3 Å². The number of methoxy groups -OCH3 is 2. The molecule has 2 heterocycles. The fraction of sp³-hybridized carbons (Fsp3) is 0.214. The molecule has 0 aliphatic carbocycles. The van der Waals surface area contributed by atoms with E-state index in [4.69, 9.17) is 9.47 Å². The Labute approximate surface area is 105 Å². The molecule has 0 spiro atoms. The topological polar surface area (TPSA) is 47.1 Å². The van der Waals surface area contributed by atoms with Crippen LogP contribution in [0.4, 0.5) is 0 Å². The van der Waals surface area contributed by atoms with Gasteiger partial charge < -0.3 is 14.5 Å². The Morgan fingerprint density at radius 1 is 1.06 bits per heavy atom. The minimum atomic E-state index is 0.764. The van der Waals surface area contributed by atoms with Crippen LogP contribution >= 0.6 is 0 Å². The highest BCUT2D eigenvalue weighted by Crippen LogP contribution is 2.35. The molecular weight excluding hydrogens is 228 g/mol. The van der Waals surface area contributed by atoms with Crippen LogP contribution in [0.25, 0.3) is 21.9 Å². The number of H-pyrrole nitrogens is 1. The molecule has 18 heavy (non-hydrogen) atoms. The van der Waals surface area contributed by atoms with Gasteiger partial charge in [0.2, 0.25) is 0 Å². The molecule has 2 aromatic heterocycles. The molecule has 3 aromatic rings. The number of nitrogens with one attached hydrogen (secondary N) is 1. The number of pyridine rings is 1. The van der Waals surface area contributed by atoms with Crippen LogP contribution in [0.2, 0.25) is 0 Å².